The molecule has 4 rings (SSSR count). The van der Waals surface area contributed by atoms with Crippen LogP contribution in [0.2, 0.25) is 0 Å². The third-order valence-electron chi connectivity index (χ3n) is 4.85. The Balaban J connectivity index is 1.71. The van der Waals surface area contributed by atoms with Gasteiger partial charge >= 0.3 is 0 Å². The van der Waals surface area contributed by atoms with Gasteiger partial charge in [-0.15, -0.1) is 0 Å². The third-order valence-corrected chi connectivity index (χ3v) is 4.85. The first-order chi connectivity index (χ1) is 13.4. The molecule has 2 N–H and O–H groups in total. The Bertz CT molecular complexity index is 1110. The highest BCUT2D eigenvalue weighted by Crippen LogP contribution is 2.28. The predicted molar refractivity (Wildman–Crippen MR) is 102 cm³/mol. The Morgan fingerprint density at radius 1 is 1.14 bits per heavy atom. The molecule has 7 nitrogen and oxygen atoms in total. The van der Waals surface area contributed by atoms with Gasteiger partial charge in [-0.2, -0.15) is 9.78 Å². The van der Waals surface area contributed by atoms with E-state index in [2.05, 4.69) is 5.10 Å². The van der Waals surface area contributed by atoms with Crippen LogP contribution in [0, 0.1) is 6.92 Å². The molecule has 1 atom stereocenters. The molecule has 0 bridgehead atoms. The SMILES string of the molecule is Cc1ccc(-n2nc(C(=O)N3Cc4ccccc4[C@@H](O)C3)c(O)cc2=O)cc1. The van der Waals surface area contributed by atoms with Gasteiger partial charge in [0.25, 0.3) is 11.5 Å². The van der Waals surface area contributed by atoms with Gasteiger partial charge in [0.05, 0.1) is 18.3 Å². The lowest BCUT2D eigenvalue weighted by Crippen LogP contribution is -2.39. The molecule has 1 aromatic heterocycles. The van der Waals surface area contributed by atoms with Crippen LogP contribution in [0.4, 0.5) is 0 Å². The number of hydrogen-bond acceptors (Lipinski definition) is 5. The second-order valence-electron chi connectivity index (χ2n) is 6.86. The number of aliphatic hydroxyl groups excluding tert-OH is 1. The van der Waals surface area contributed by atoms with Crippen molar-refractivity contribution in [3.8, 4) is 11.4 Å². The minimum absolute atomic E-state index is 0.0840. The van der Waals surface area contributed by atoms with Gasteiger partial charge in [0.2, 0.25) is 0 Å². The Morgan fingerprint density at radius 3 is 2.61 bits per heavy atom. The van der Waals surface area contributed by atoms with Gasteiger partial charge in [-0.05, 0) is 30.2 Å². The number of nitrogens with zero attached hydrogens (tertiary/aromatic N) is 3. The summed E-state index contributed by atoms with van der Waals surface area (Å²) in [5, 5.41) is 24.7. The molecule has 2 aromatic carbocycles. The summed E-state index contributed by atoms with van der Waals surface area (Å²) in [4.78, 5) is 26.7. The maximum atomic E-state index is 13.0. The minimum Gasteiger partial charge on any atom is -0.505 e. The summed E-state index contributed by atoms with van der Waals surface area (Å²) in [5.41, 5.74) is 2.37. The molecule has 28 heavy (non-hydrogen) atoms. The van der Waals surface area contributed by atoms with Gasteiger partial charge in [0.15, 0.2) is 11.4 Å². The Morgan fingerprint density at radius 2 is 1.86 bits per heavy atom. The number of fused-ring (bicyclic) bond motifs is 1. The first kappa shape index (κ1) is 17.9. The van der Waals surface area contributed by atoms with Gasteiger partial charge in [-0.25, -0.2) is 0 Å². The molecule has 142 valence electrons. The summed E-state index contributed by atoms with van der Waals surface area (Å²) in [6.45, 7) is 2.29. The first-order valence-corrected chi connectivity index (χ1v) is 8.89. The van der Waals surface area contributed by atoms with E-state index in [9.17, 15) is 19.8 Å². The number of rotatable bonds is 2. The molecule has 3 aromatic rings. The number of β-amino-alcohol motifs (C(OH)–C–C–N with tert-alkyl or cyclic N) is 1. The summed E-state index contributed by atoms with van der Waals surface area (Å²) in [7, 11) is 0. The van der Waals surface area contributed by atoms with Crippen LogP contribution in [0.1, 0.15) is 33.3 Å². The van der Waals surface area contributed by atoms with Crippen LogP contribution in [0.5, 0.6) is 5.75 Å². The number of aryl methyl sites for hydroxylation is 1. The maximum Gasteiger partial charge on any atom is 0.278 e. The molecule has 0 saturated heterocycles. The van der Waals surface area contributed by atoms with Crippen molar-refractivity contribution in [3.63, 3.8) is 0 Å². The molecule has 7 heteroatoms. The first-order valence-electron chi connectivity index (χ1n) is 8.89. The quantitative estimate of drug-likeness (QED) is 0.712. The fourth-order valence-corrected chi connectivity index (χ4v) is 3.36. The molecule has 0 saturated carbocycles. The largest absolute Gasteiger partial charge is 0.505 e. The van der Waals surface area contributed by atoms with Crippen LogP contribution in [-0.2, 0) is 6.54 Å². The number of aromatic hydroxyl groups is 1. The van der Waals surface area contributed by atoms with Crippen molar-refractivity contribution in [1.82, 2.24) is 14.7 Å². The van der Waals surface area contributed by atoms with Crippen molar-refractivity contribution >= 4 is 5.91 Å². The normalized spacial score (nSPS) is 15.9. The average Bonchev–Trinajstić information content (AvgIpc) is 2.68. The number of carbonyl (C=O) groups excluding carboxylic acids is 1. The molecule has 1 aliphatic heterocycles. The Labute approximate surface area is 161 Å². The monoisotopic (exact) mass is 377 g/mol. The zero-order chi connectivity index (χ0) is 19.8. The van der Waals surface area contributed by atoms with Gasteiger partial charge in [0.1, 0.15) is 0 Å². The molecular formula is C21H19N3O4. The molecule has 1 aliphatic rings. The molecule has 0 spiro atoms. The van der Waals surface area contributed by atoms with E-state index in [0.717, 1.165) is 27.4 Å². The number of carbonyl (C=O) groups is 1. The minimum atomic E-state index is -0.820. The van der Waals surface area contributed by atoms with Gasteiger partial charge in [0, 0.05) is 12.6 Å². The van der Waals surface area contributed by atoms with E-state index in [1.54, 1.807) is 12.1 Å². The van der Waals surface area contributed by atoms with E-state index in [0.29, 0.717) is 5.69 Å². The average molecular weight is 377 g/mol. The van der Waals surface area contributed by atoms with Crippen molar-refractivity contribution in [2.45, 2.75) is 19.6 Å². The number of benzene rings is 2. The van der Waals surface area contributed by atoms with E-state index in [1.165, 1.54) is 4.90 Å². The van der Waals surface area contributed by atoms with Gasteiger partial charge in [-0.3, -0.25) is 9.59 Å². The van der Waals surface area contributed by atoms with E-state index in [1.807, 2.05) is 43.3 Å². The zero-order valence-electron chi connectivity index (χ0n) is 15.2. The van der Waals surface area contributed by atoms with Crippen LogP contribution in [-0.4, -0.2) is 37.3 Å². The van der Waals surface area contributed by atoms with Crippen molar-refractivity contribution in [1.29, 1.82) is 0 Å². The summed E-state index contributed by atoms with van der Waals surface area (Å²) in [6, 6.07) is 15.4. The zero-order valence-corrected chi connectivity index (χ0v) is 15.2. The second kappa shape index (κ2) is 6.94. The number of aliphatic hydroxyl groups is 1. The predicted octanol–water partition coefficient (Wildman–Crippen LogP) is 1.94. The summed E-state index contributed by atoms with van der Waals surface area (Å²) >= 11 is 0. The standard InChI is InChI=1S/C21H19N3O4/c1-13-6-8-15(9-7-13)24-19(27)10-17(25)20(22-24)21(28)23-11-14-4-2-3-5-16(14)18(26)12-23/h2-10,18,25-26H,11-12H2,1H3/t18-/m0/s1. The van der Waals surface area contributed by atoms with E-state index >= 15 is 0 Å². The topological polar surface area (TPSA) is 95.7 Å². The van der Waals surface area contributed by atoms with Crippen molar-refractivity contribution in [3.05, 3.63) is 87.3 Å². The number of aromatic nitrogens is 2. The Hall–Kier alpha value is -3.45. The van der Waals surface area contributed by atoms with Crippen LogP contribution < -0.4 is 5.56 Å². The number of hydrogen-bond donors (Lipinski definition) is 2. The lowest BCUT2D eigenvalue weighted by molar-refractivity contribution is 0.0539. The highest BCUT2D eigenvalue weighted by Gasteiger charge is 2.30. The molecule has 0 unspecified atom stereocenters. The van der Waals surface area contributed by atoms with Gasteiger partial charge in [-0.1, -0.05) is 42.0 Å². The molecule has 0 aliphatic carbocycles. The van der Waals surface area contributed by atoms with Crippen molar-refractivity contribution in [2.75, 3.05) is 6.54 Å². The van der Waals surface area contributed by atoms with Crippen molar-refractivity contribution in [2.24, 2.45) is 0 Å². The lowest BCUT2D eigenvalue weighted by atomic mass is 9.97. The molecular weight excluding hydrogens is 358 g/mol. The summed E-state index contributed by atoms with van der Waals surface area (Å²) in [5.74, 6) is -1.03. The van der Waals surface area contributed by atoms with Crippen LogP contribution in [0.3, 0.4) is 0 Å². The second-order valence-corrected chi connectivity index (χ2v) is 6.86. The van der Waals surface area contributed by atoms with E-state index in [4.69, 9.17) is 0 Å². The highest BCUT2D eigenvalue weighted by molar-refractivity contribution is 5.94. The van der Waals surface area contributed by atoms with Crippen LogP contribution in [0.25, 0.3) is 5.69 Å². The molecule has 1 amide bonds. The maximum absolute atomic E-state index is 13.0. The van der Waals surface area contributed by atoms with Crippen LogP contribution >= 0.6 is 0 Å². The fraction of sp³-hybridized carbons (Fsp3) is 0.190. The van der Waals surface area contributed by atoms with E-state index in [-0.39, 0.29) is 18.8 Å². The summed E-state index contributed by atoms with van der Waals surface area (Å²) < 4.78 is 1.08. The Kier molecular flexibility index (Phi) is 4.44. The molecule has 0 fully saturated rings. The van der Waals surface area contributed by atoms with E-state index < -0.39 is 23.3 Å². The lowest BCUT2D eigenvalue weighted by Gasteiger charge is -2.32. The number of amides is 1. The highest BCUT2D eigenvalue weighted by atomic mass is 16.3. The summed E-state index contributed by atoms with van der Waals surface area (Å²) in [6.07, 6.45) is -0.820. The van der Waals surface area contributed by atoms with Crippen LogP contribution in [0.15, 0.2) is 59.4 Å². The fourth-order valence-electron chi connectivity index (χ4n) is 3.36. The third kappa shape index (κ3) is 3.16. The molecule has 0 radical (unpaired) electrons. The van der Waals surface area contributed by atoms with Crippen molar-refractivity contribution < 1.29 is 15.0 Å². The molecule has 2 heterocycles. The van der Waals surface area contributed by atoms with Gasteiger partial charge < -0.3 is 15.1 Å². The smallest absolute Gasteiger partial charge is 0.278 e.